The number of anilines is 1. The van der Waals surface area contributed by atoms with E-state index >= 15 is 0 Å². The first-order chi connectivity index (χ1) is 17.1. The Bertz CT molecular complexity index is 1100. The van der Waals surface area contributed by atoms with Gasteiger partial charge in [-0.05, 0) is 60.7 Å². The second kappa shape index (κ2) is 11.8. The largest absolute Gasteiger partial charge is 0.497 e. The van der Waals surface area contributed by atoms with E-state index < -0.39 is 0 Å². The molecule has 9 heteroatoms. The SMILES string of the molecule is CCCN(CC(=O)N1CCCN(c2ccc(-c3ccc(OC)cc3)nn2)CC1)C(=O)c1cccs1. The molecule has 0 N–H and O–H groups in total. The molecule has 1 aliphatic heterocycles. The molecule has 0 radical (unpaired) electrons. The van der Waals surface area contributed by atoms with Gasteiger partial charge in [0.2, 0.25) is 5.91 Å². The van der Waals surface area contributed by atoms with Crippen LogP contribution in [0.1, 0.15) is 29.4 Å². The number of carbonyl (C=O) groups excluding carboxylic acids is 2. The number of aromatic nitrogens is 2. The summed E-state index contributed by atoms with van der Waals surface area (Å²) in [4.78, 5) is 32.3. The lowest BCUT2D eigenvalue weighted by molar-refractivity contribution is -0.131. The van der Waals surface area contributed by atoms with Crippen LogP contribution in [-0.4, -0.2) is 78.2 Å². The fourth-order valence-corrected chi connectivity index (χ4v) is 4.84. The van der Waals surface area contributed by atoms with Gasteiger partial charge in [-0.1, -0.05) is 13.0 Å². The van der Waals surface area contributed by atoms with Crippen LogP contribution in [0.5, 0.6) is 5.75 Å². The normalized spacial score (nSPS) is 13.9. The van der Waals surface area contributed by atoms with Gasteiger partial charge in [-0.3, -0.25) is 9.59 Å². The Morgan fingerprint density at radius 1 is 1.03 bits per heavy atom. The average molecular weight is 494 g/mol. The number of benzene rings is 1. The molecule has 2 amide bonds. The zero-order chi connectivity index (χ0) is 24.6. The highest BCUT2D eigenvalue weighted by Crippen LogP contribution is 2.22. The molecule has 4 rings (SSSR count). The van der Waals surface area contributed by atoms with Crippen LogP contribution >= 0.6 is 11.3 Å². The average Bonchev–Trinajstić information content (AvgIpc) is 3.32. The molecule has 0 unspecified atom stereocenters. The van der Waals surface area contributed by atoms with Gasteiger partial charge in [0.05, 0.1) is 17.7 Å². The van der Waals surface area contributed by atoms with Gasteiger partial charge in [-0.25, -0.2) is 0 Å². The highest BCUT2D eigenvalue weighted by atomic mass is 32.1. The summed E-state index contributed by atoms with van der Waals surface area (Å²) in [5, 5.41) is 10.7. The molecule has 3 aromatic rings. The zero-order valence-electron chi connectivity index (χ0n) is 20.2. The van der Waals surface area contributed by atoms with Crippen molar-refractivity contribution in [3.05, 3.63) is 58.8 Å². The van der Waals surface area contributed by atoms with Crippen LogP contribution in [0, 0.1) is 0 Å². The highest BCUT2D eigenvalue weighted by molar-refractivity contribution is 7.12. The quantitative estimate of drug-likeness (QED) is 0.475. The van der Waals surface area contributed by atoms with E-state index in [2.05, 4.69) is 15.1 Å². The lowest BCUT2D eigenvalue weighted by Gasteiger charge is -2.26. The number of hydrogen-bond donors (Lipinski definition) is 0. The minimum Gasteiger partial charge on any atom is -0.497 e. The number of carbonyl (C=O) groups is 2. The van der Waals surface area contributed by atoms with Crippen molar-refractivity contribution in [2.45, 2.75) is 19.8 Å². The molecule has 0 aliphatic carbocycles. The summed E-state index contributed by atoms with van der Waals surface area (Å²) in [6.45, 7) is 5.43. The van der Waals surface area contributed by atoms with Crippen LogP contribution in [0.4, 0.5) is 5.82 Å². The summed E-state index contributed by atoms with van der Waals surface area (Å²) < 4.78 is 5.21. The monoisotopic (exact) mass is 493 g/mol. The molecule has 3 heterocycles. The third-order valence-electron chi connectivity index (χ3n) is 6.05. The van der Waals surface area contributed by atoms with Crippen molar-refractivity contribution in [3.63, 3.8) is 0 Å². The van der Waals surface area contributed by atoms with Crippen LogP contribution in [0.15, 0.2) is 53.9 Å². The summed E-state index contributed by atoms with van der Waals surface area (Å²) >= 11 is 1.41. The molecular weight excluding hydrogens is 462 g/mol. The number of nitrogens with zero attached hydrogens (tertiary/aromatic N) is 5. The van der Waals surface area contributed by atoms with Crippen LogP contribution in [0.3, 0.4) is 0 Å². The topological polar surface area (TPSA) is 78.9 Å². The molecule has 184 valence electrons. The number of thiophene rings is 1. The van der Waals surface area contributed by atoms with Gasteiger partial charge < -0.3 is 19.4 Å². The van der Waals surface area contributed by atoms with Gasteiger partial charge in [0, 0.05) is 38.3 Å². The van der Waals surface area contributed by atoms with E-state index in [-0.39, 0.29) is 18.4 Å². The van der Waals surface area contributed by atoms with Gasteiger partial charge in [0.15, 0.2) is 5.82 Å². The van der Waals surface area contributed by atoms with Crippen LogP contribution in [0.2, 0.25) is 0 Å². The van der Waals surface area contributed by atoms with E-state index in [0.29, 0.717) is 31.1 Å². The highest BCUT2D eigenvalue weighted by Gasteiger charge is 2.24. The van der Waals surface area contributed by atoms with Crippen molar-refractivity contribution in [1.29, 1.82) is 0 Å². The fourth-order valence-electron chi connectivity index (χ4n) is 4.15. The van der Waals surface area contributed by atoms with Crippen molar-refractivity contribution in [1.82, 2.24) is 20.0 Å². The first-order valence-corrected chi connectivity index (χ1v) is 12.8. The molecule has 0 spiro atoms. The summed E-state index contributed by atoms with van der Waals surface area (Å²) in [6.07, 6.45) is 1.64. The lowest BCUT2D eigenvalue weighted by Crippen LogP contribution is -2.44. The van der Waals surface area contributed by atoms with Crippen molar-refractivity contribution < 1.29 is 14.3 Å². The third-order valence-corrected chi connectivity index (χ3v) is 6.91. The van der Waals surface area contributed by atoms with Gasteiger partial charge in [0.1, 0.15) is 12.3 Å². The van der Waals surface area contributed by atoms with Gasteiger partial charge in [-0.2, -0.15) is 0 Å². The number of rotatable bonds is 8. The van der Waals surface area contributed by atoms with Gasteiger partial charge in [0.25, 0.3) is 5.91 Å². The standard InChI is InChI=1S/C26H31N5O3S/c1-3-13-31(26(33)23-6-4-18-35-23)19-25(32)30-15-5-14-29(16-17-30)24-12-11-22(27-28-24)20-7-9-21(34-2)10-8-20/h4,6-12,18H,3,5,13-17,19H2,1-2H3. The number of amides is 2. The Morgan fingerprint density at radius 3 is 2.51 bits per heavy atom. The maximum atomic E-state index is 13.1. The summed E-state index contributed by atoms with van der Waals surface area (Å²) in [5.41, 5.74) is 1.78. The van der Waals surface area contributed by atoms with Crippen molar-refractivity contribution in [3.8, 4) is 17.0 Å². The van der Waals surface area contributed by atoms with Crippen molar-refractivity contribution >= 4 is 29.0 Å². The first kappa shape index (κ1) is 24.7. The number of ether oxygens (including phenoxy) is 1. The Kier molecular flexibility index (Phi) is 8.31. The van der Waals surface area contributed by atoms with Crippen LogP contribution in [0.25, 0.3) is 11.3 Å². The molecule has 0 bridgehead atoms. The third kappa shape index (κ3) is 6.16. The second-order valence-electron chi connectivity index (χ2n) is 8.43. The molecule has 1 aromatic carbocycles. The second-order valence-corrected chi connectivity index (χ2v) is 9.38. The molecule has 2 aromatic heterocycles. The summed E-state index contributed by atoms with van der Waals surface area (Å²) in [6, 6.07) is 15.3. The van der Waals surface area contributed by atoms with Gasteiger partial charge in [-0.15, -0.1) is 21.5 Å². The molecule has 1 saturated heterocycles. The lowest BCUT2D eigenvalue weighted by atomic mass is 10.1. The van der Waals surface area contributed by atoms with Crippen LogP contribution < -0.4 is 9.64 Å². The van der Waals surface area contributed by atoms with E-state index in [1.807, 2.05) is 65.7 Å². The van der Waals surface area contributed by atoms with E-state index in [9.17, 15) is 9.59 Å². The van der Waals surface area contributed by atoms with E-state index in [4.69, 9.17) is 4.74 Å². The first-order valence-electron chi connectivity index (χ1n) is 11.9. The predicted molar refractivity (Wildman–Crippen MR) is 138 cm³/mol. The zero-order valence-corrected chi connectivity index (χ0v) is 21.0. The smallest absolute Gasteiger partial charge is 0.264 e. The minimum atomic E-state index is -0.0705. The summed E-state index contributed by atoms with van der Waals surface area (Å²) in [5.74, 6) is 1.53. The van der Waals surface area contributed by atoms with Crippen LogP contribution in [-0.2, 0) is 4.79 Å². The molecule has 8 nitrogen and oxygen atoms in total. The fraction of sp³-hybridized carbons (Fsp3) is 0.385. The molecule has 0 atom stereocenters. The number of methoxy groups -OCH3 is 1. The maximum Gasteiger partial charge on any atom is 0.264 e. The van der Waals surface area contributed by atoms with Crippen molar-refractivity contribution in [2.75, 3.05) is 51.3 Å². The maximum absolute atomic E-state index is 13.1. The predicted octanol–water partition coefficient (Wildman–Crippen LogP) is 3.80. The molecule has 35 heavy (non-hydrogen) atoms. The Balaban J connectivity index is 1.35. The van der Waals surface area contributed by atoms with Gasteiger partial charge >= 0.3 is 0 Å². The molecule has 0 saturated carbocycles. The number of hydrogen-bond acceptors (Lipinski definition) is 7. The van der Waals surface area contributed by atoms with E-state index in [1.165, 1.54) is 11.3 Å². The van der Waals surface area contributed by atoms with E-state index in [0.717, 1.165) is 42.2 Å². The summed E-state index contributed by atoms with van der Waals surface area (Å²) in [7, 11) is 1.64. The molecule has 1 fully saturated rings. The molecule has 1 aliphatic rings. The van der Waals surface area contributed by atoms with E-state index in [1.54, 1.807) is 12.0 Å². The molecular formula is C26H31N5O3S. The van der Waals surface area contributed by atoms with Crippen molar-refractivity contribution in [2.24, 2.45) is 0 Å². The Hall–Kier alpha value is -3.46. The minimum absolute atomic E-state index is 0.00820. The Morgan fingerprint density at radius 2 is 1.86 bits per heavy atom. The Labute approximate surface area is 210 Å².